The van der Waals surface area contributed by atoms with Crippen LogP contribution >= 0.6 is 0 Å². The minimum absolute atomic E-state index is 0.312. The highest BCUT2D eigenvalue weighted by atomic mass is 16.5. The Morgan fingerprint density at radius 1 is 1.10 bits per heavy atom. The van der Waals surface area contributed by atoms with Crippen molar-refractivity contribution in [1.29, 1.82) is 0 Å². The van der Waals surface area contributed by atoms with Gasteiger partial charge in [0.05, 0.1) is 7.11 Å². The van der Waals surface area contributed by atoms with Crippen molar-refractivity contribution in [2.45, 2.75) is 19.5 Å². The molecule has 3 nitrogen and oxygen atoms in total. The zero-order valence-electron chi connectivity index (χ0n) is 13.3. The van der Waals surface area contributed by atoms with E-state index in [9.17, 15) is 0 Å². The van der Waals surface area contributed by atoms with Crippen molar-refractivity contribution in [3.63, 3.8) is 0 Å². The quantitative estimate of drug-likeness (QED) is 0.877. The second-order valence-corrected chi connectivity index (χ2v) is 5.44. The summed E-state index contributed by atoms with van der Waals surface area (Å²) in [5.41, 5.74) is 3.74. The summed E-state index contributed by atoms with van der Waals surface area (Å²) in [5, 5.41) is 3.55. The fourth-order valence-corrected chi connectivity index (χ4v) is 2.23. The number of nitrogens with one attached hydrogen (secondary N) is 1. The Hall–Kier alpha value is -2.00. The van der Waals surface area contributed by atoms with E-state index in [-0.39, 0.29) is 0 Å². The largest absolute Gasteiger partial charge is 0.497 e. The van der Waals surface area contributed by atoms with E-state index >= 15 is 0 Å². The molecule has 2 rings (SSSR count). The minimum Gasteiger partial charge on any atom is -0.497 e. The van der Waals surface area contributed by atoms with Crippen molar-refractivity contribution in [2.24, 2.45) is 0 Å². The molecule has 0 aliphatic heterocycles. The standard InChI is InChI=1S/C18H24N2O/c1-14(16-8-10-17(11-9-16)20(2)3)19-13-15-6-5-7-18(12-15)21-4/h5-12,14,19H,13H2,1-4H3. The van der Waals surface area contributed by atoms with Gasteiger partial charge in [-0.3, -0.25) is 0 Å². The van der Waals surface area contributed by atoms with E-state index in [0.29, 0.717) is 6.04 Å². The predicted molar refractivity (Wildman–Crippen MR) is 89.0 cm³/mol. The maximum atomic E-state index is 5.25. The summed E-state index contributed by atoms with van der Waals surface area (Å²) in [6.45, 7) is 3.01. The number of rotatable bonds is 6. The molecule has 0 heterocycles. The van der Waals surface area contributed by atoms with Gasteiger partial charge in [-0.1, -0.05) is 24.3 Å². The lowest BCUT2D eigenvalue weighted by molar-refractivity contribution is 0.414. The highest BCUT2D eigenvalue weighted by molar-refractivity contribution is 5.46. The van der Waals surface area contributed by atoms with Crippen LogP contribution in [0, 0.1) is 0 Å². The molecule has 0 bridgehead atoms. The minimum atomic E-state index is 0.312. The second kappa shape index (κ2) is 7.14. The van der Waals surface area contributed by atoms with Gasteiger partial charge in [0.25, 0.3) is 0 Å². The van der Waals surface area contributed by atoms with Crippen LogP contribution < -0.4 is 15.0 Å². The molecule has 2 aromatic carbocycles. The Bertz CT molecular complexity index is 564. The van der Waals surface area contributed by atoms with Gasteiger partial charge in [-0.25, -0.2) is 0 Å². The fraction of sp³-hybridized carbons (Fsp3) is 0.333. The molecule has 0 fully saturated rings. The summed E-state index contributed by atoms with van der Waals surface area (Å²) >= 11 is 0. The van der Waals surface area contributed by atoms with Gasteiger partial charge in [0.1, 0.15) is 5.75 Å². The highest BCUT2D eigenvalue weighted by Gasteiger charge is 2.05. The van der Waals surface area contributed by atoms with Crippen LogP contribution in [0.2, 0.25) is 0 Å². The molecule has 0 aromatic heterocycles. The molecule has 21 heavy (non-hydrogen) atoms. The third-order valence-corrected chi connectivity index (χ3v) is 3.66. The van der Waals surface area contributed by atoms with Gasteiger partial charge in [0.2, 0.25) is 0 Å². The number of hydrogen-bond donors (Lipinski definition) is 1. The molecule has 0 aliphatic carbocycles. The van der Waals surface area contributed by atoms with Crippen molar-refractivity contribution in [2.75, 3.05) is 26.1 Å². The zero-order chi connectivity index (χ0) is 15.2. The number of anilines is 1. The summed E-state index contributed by atoms with van der Waals surface area (Å²) in [5.74, 6) is 0.900. The Balaban J connectivity index is 1.96. The molecule has 0 radical (unpaired) electrons. The lowest BCUT2D eigenvalue weighted by atomic mass is 10.1. The van der Waals surface area contributed by atoms with E-state index in [4.69, 9.17) is 4.74 Å². The van der Waals surface area contributed by atoms with Crippen molar-refractivity contribution in [1.82, 2.24) is 5.32 Å². The fourth-order valence-electron chi connectivity index (χ4n) is 2.23. The lowest BCUT2D eigenvalue weighted by Gasteiger charge is -2.17. The smallest absolute Gasteiger partial charge is 0.119 e. The second-order valence-electron chi connectivity index (χ2n) is 5.44. The number of hydrogen-bond acceptors (Lipinski definition) is 3. The maximum absolute atomic E-state index is 5.25. The third-order valence-electron chi connectivity index (χ3n) is 3.66. The number of ether oxygens (including phenoxy) is 1. The van der Waals surface area contributed by atoms with E-state index in [0.717, 1.165) is 12.3 Å². The Morgan fingerprint density at radius 2 is 1.81 bits per heavy atom. The number of benzene rings is 2. The van der Waals surface area contributed by atoms with Crippen molar-refractivity contribution < 1.29 is 4.74 Å². The lowest BCUT2D eigenvalue weighted by Crippen LogP contribution is -2.18. The molecule has 112 valence electrons. The summed E-state index contributed by atoms with van der Waals surface area (Å²) in [6.07, 6.45) is 0. The normalized spacial score (nSPS) is 12.0. The average molecular weight is 284 g/mol. The number of nitrogens with zero attached hydrogens (tertiary/aromatic N) is 1. The van der Waals surface area contributed by atoms with Crippen LogP contribution in [0.5, 0.6) is 5.75 Å². The van der Waals surface area contributed by atoms with Crippen LogP contribution in [0.15, 0.2) is 48.5 Å². The molecule has 0 aliphatic rings. The summed E-state index contributed by atoms with van der Waals surface area (Å²) in [4.78, 5) is 2.11. The average Bonchev–Trinajstić information content (AvgIpc) is 2.53. The highest BCUT2D eigenvalue weighted by Crippen LogP contribution is 2.19. The Labute approximate surface area is 127 Å². The van der Waals surface area contributed by atoms with E-state index < -0.39 is 0 Å². The van der Waals surface area contributed by atoms with Crippen molar-refractivity contribution in [3.05, 3.63) is 59.7 Å². The first-order valence-corrected chi connectivity index (χ1v) is 7.23. The molecule has 1 N–H and O–H groups in total. The first-order valence-electron chi connectivity index (χ1n) is 7.23. The van der Waals surface area contributed by atoms with Gasteiger partial charge in [-0.15, -0.1) is 0 Å². The summed E-state index contributed by atoms with van der Waals surface area (Å²) in [6, 6.07) is 17.1. The molecule has 0 spiro atoms. The van der Waals surface area contributed by atoms with Crippen molar-refractivity contribution >= 4 is 5.69 Å². The van der Waals surface area contributed by atoms with Crippen LogP contribution in [-0.2, 0) is 6.54 Å². The number of methoxy groups -OCH3 is 1. The van der Waals surface area contributed by atoms with Crippen LogP contribution in [0.3, 0.4) is 0 Å². The third kappa shape index (κ3) is 4.23. The van der Waals surface area contributed by atoms with Crippen LogP contribution in [-0.4, -0.2) is 21.2 Å². The Morgan fingerprint density at radius 3 is 2.43 bits per heavy atom. The van der Waals surface area contributed by atoms with Gasteiger partial charge in [-0.05, 0) is 42.3 Å². The molecule has 0 saturated carbocycles. The van der Waals surface area contributed by atoms with E-state index in [1.165, 1.54) is 16.8 Å². The molecule has 1 unspecified atom stereocenters. The molecular formula is C18H24N2O. The van der Waals surface area contributed by atoms with Gasteiger partial charge >= 0.3 is 0 Å². The molecule has 1 atom stereocenters. The van der Waals surface area contributed by atoms with E-state index in [2.05, 4.69) is 67.6 Å². The van der Waals surface area contributed by atoms with Gasteiger partial charge in [-0.2, -0.15) is 0 Å². The van der Waals surface area contributed by atoms with Gasteiger partial charge < -0.3 is 15.0 Å². The SMILES string of the molecule is COc1cccc(CNC(C)c2ccc(N(C)C)cc2)c1. The summed E-state index contributed by atoms with van der Waals surface area (Å²) in [7, 11) is 5.81. The van der Waals surface area contributed by atoms with E-state index in [1.54, 1.807) is 7.11 Å². The predicted octanol–water partition coefficient (Wildman–Crippen LogP) is 3.61. The monoisotopic (exact) mass is 284 g/mol. The van der Waals surface area contributed by atoms with Crippen LogP contribution in [0.1, 0.15) is 24.1 Å². The van der Waals surface area contributed by atoms with Crippen molar-refractivity contribution in [3.8, 4) is 5.75 Å². The molecular weight excluding hydrogens is 260 g/mol. The first-order chi connectivity index (χ1) is 10.1. The van der Waals surface area contributed by atoms with Gasteiger partial charge in [0, 0.05) is 32.4 Å². The Kier molecular flexibility index (Phi) is 5.23. The molecule has 3 heteroatoms. The topological polar surface area (TPSA) is 24.5 Å². The van der Waals surface area contributed by atoms with Gasteiger partial charge in [0.15, 0.2) is 0 Å². The molecule has 2 aromatic rings. The first kappa shape index (κ1) is 15.4. The molecule has 0 saturated heterocycles. The zero-order valence-corrected chi connectivity index (χ0v) is 13.3. The molecule has 0 amide bonds. The van der Waals surface area contributed by atoms with E-state index in [1.807, 2.05) is 12.1 Å². The summed E-state index contributed by atoms with van der Waals surface area (Å²) < 4.78 is 5.25. The maximum Gasteiger partial charge on any atom is 0.119 e. The van der Waals surface area contributed by atoms with Crippen LogP contribution in [0.25, 0.3) is 0 Å². The van der Waals surface area contributed by atoms with Crippen LogP contribution in [0.4, 0.5) is 5.69 Å².